The van der Waals surface area contributed by atoms with Crippen molar-refractivity contribution in [3.05, 3.63) is 24.6 Å². The van der Waals surface area contributed by atoms with Gasteiger partial charge in [-0.05, 0) is 18.6 Å². The van der Waals surface area contributed by atoms with Crippen LogP contribution in [0.4, 0.5) is 0 Å². The van der Waals surface area contributed by atoms with E-state index in [0.717, 1.165) is 6.54 Å². The van der Waals surface area contributed by atoms with Crippen molar-refractivity contribution < 1.29 is 0 Å². The topological polar surface area (TPSA) is 15.3 Å². The molecule has 0 aromatic rings. The summed E-state index contributed by atoms with van der Waals surface area (Å²) in [5.41, 5.74) is 3.16. The Morgan fingerprint density at radius 3 is 2.75 bits per heavy atom. The molecular formula is C10H18N2. The van der Waals surface area contributed by atoms with Gasteiger partial charge in [0.15, 0.2) is 0 Å². The van der Waals surface area contributed by atoms with Crippen molar-refractivity contribution in [2.24, 2.45) is 0 Å². The molecule has 1 heterocycles. The molecule has 0 aromatic heterocycles. The largest absolute Gasteiger partial charge is 0.306 e. The van der Waals surface area contributed by atoms with E-state index in [0.29, 0.717) is 0 Å². The third-order valence-corrected chi connectivity index (χ3v) is 1.97. The highest BCUT2D eigenvalue weighted by Gasteiger charge is 1.96. The van der Waals surface area contributed by atoms with E-state index in [-0.39, 0.29) is 0 Å². The molecule has 0 amide bonds. The van der Waals surface area contributed by atoms with Gasteiger partial charge in [0, 0.05) is 18.9 Å². The maximum absolute atomic E-state index is 3.16. The molecule has 0 aliphatic carbocycles. The number of rotatable bonds is 5. The summed E-state index contributed by atoms with van der Waals surface area (Å²) in [5, 5.41) is 2.12. The van der Waals surface area contributed by atoms with E-state index >= 15 is 0 Å². The normalized spacial score (nSPS) is 14.9. The average Bonchev–Trinajstić information content (AvgIpc) is 2.14. The molecule has 0 fully saturated rings. The summed E-state index contributed by atoms with van der Waals surface area (Å²) in [5.74, 6) is 0. The van der Waals surface area contributed by atoms with Crippen LogP contribution in [-0.2, 0) is 0 Å². The number of hydrazine groups is 1. The van der Waals surface area contributed by atoms with Gasteiger partial charge in [-0.25, -0.2) is 0 Å². The molecule has 0 atom stereocenters. The maximum Gasteiger partial charge on any atom is 0.0386 e. The van der Waals surface area contributed by atoms with E-state index in [1.54, 1.807) is 0 Å². The molecule has 1 rings (SSSR count). The number of allylic oxidation sites excluding steroid dienone is 2. The molecule has 2 heteroatoms. The van der Waals surface area contributed by atoms with Gasteiger partial charge in [-0.1, -0.05) is 26.2 Å². The van der Waals surface area contributed by atoms with Gasteiger partial charge in [0.25, 0.3) is 0 Å². The lowest BCUT2D eigenvalue weighted by Crippen LogP contribution is -2.31. The zero-order valence-corrected chi connectivity index (χ0v) is 7.79. The Morgan fingerprint density at radius 1 is 1.17 bits per heavy atom. The fourth-order valence-electron chi connectivity index (χ4n) is 1.24. The molecule has 1 N–H and O–H groups in total. The first-order chi connectivity index (χ1) is 5.93. The van der Waals surface area contributed by atoms with Crippen LogP contribution in [0.1, 0.15) is 32.6 Å². The van der Waals surface area contributed by atoms with Crippen molar-refractivity contribution in [1.29, 1.82) is 0 Å². The summed E-state index contributed by atoms with van der Waals surface area (Å²) in [7, 11) is 0. The number of nitrogens with zero attached hydrogens (tertiary/aromatic N) is 1. The molecule has 68 valence electrons. The lowest BCUT2D eigenvalue weighted by atomic mass is 10.2. The van der Waals surface area contributed by atoms with E-state index in [9.17, 15) is 0 Å². The average molecular weight is 166 g/mol. The van der Waals surface area contributed by atoms with Crippen LogP contribution in [0.2, 0.25) is 0 Å². The second-order valence-electron chi connectivity index (χ2n) is 3.08. The third kappa shape index (κ3) is 3.46. The maximum atomic E-state index is 3.16. The highest BCUT2D eigenvalue weighted by molar-refractivity contribution is 5.04. The van der Waals surface area contributed by atoms with Crippen LogP contribution in [0.3, 0.4) is 0 Å². The molecule has 0 spiro atoms. The first-order valence-electron chi connectivity index (χ1n) is 4.79. The molecule has 0 unspecified atom stereocenters. The molecule has 0 saturated carbocycles. The van der Waals surface area contributed by atoms with Crippen molar-refractivity contribution in [2.45, 2.75) is 32.6 Å². The van der Waals surface area contributed by atoms with Gasteiger partial charge in [0.05, 0.1) is 0 Å². The molecule has 0 saturated heterocycles. The van der Waals surface area contributed by atoms with Crippen LogP contribution < -0.4 is 5.43 Å². The SMILES string of the molecule is CCCCCCN1C=CC=CN1. The Morgan fingerprint density at radius 2 is 2.08 bits per heavy atom. The van der Waals surface area contributed by atoms with Gasteiger partial charge < -0.3 is 5.43 Å². The number of nitrogens with one attached hydrogen (secondary N) is 1. The Balaban J connectivity index is 2.00. The van der Waals surface area contributed by atoms with Crippen molar-refractivity contribution in [2.75, 3.05) is 6.54 Å². The summed E-state index contributed by atoms with van der Waals surface area (Å²) in [6.45, 7) is 3.35. The van der Waals surface area contributed by atoms with Crippen LogP contribution in [0, 0.1) is 0 Å². The van der Waals surface area contributed by atoms with Crippen LogP contribution in [0.15, 0.2) is 24.6 Å². The Kier molecular flexibility index (Phi) is 4.35. The lowest BCUT2D eigenvalue weighted by Gasteiger charge is -2.21. The van der Waals surface area contributed by atoms with Crippen LogP contribution in [-0.4, -0.2) is 11.6 Å². The minimum Gasteiger partial charge on any atom is -0.306 e. The quantitative estimate of drug-likeness (QED) is 0.631. The van der Waals surface area contributed by atoms with E-state index in [4.69, 9.17) is 0 Å². The molecule has 1 aliphatic rings. The van der Waals surface area contributed by atoms with Crippen molar-refractivity contribution in [1.82, 2.24) is 10.4 Å². The monoisotopic (exact) mass is 166 g/mol. The minimum atomic E-state index is 1.11. The van der Waals surface area contributed by atoms with Gasteiger partial charge in [-0.2, -0.15) is 0 Å². The predicted octanol–water partition coefficient (Wildman–Crippen LogP) is 2.41. The summed E-state index contributed by atoms with van der Waals surface area (Å²) < 4.78 is 0. The summed E-state index contributed by atoms with van der Waals surface area (Å²) in [4.78, 5) is 0. The number of hydrogen-bond donors (Lipinski definition) is 1. The lowest BCUT2D eigenvalue weighted by molar-refractivity contribution is 0.303. The zero-order chi connectivity index (χ0) is 8.65. The van der Waals surface area contributed by atoms with Crippen molar-refractivity contribution >= 4 is 0 Å². The summed E-state index contributed by atoms with van der Waals surface area (Å²) in [6, 6.07) is 0. The highest BCUT2D eigenvalue weighted by Crippen LogP contribution is 2.01. The van der Waals surface area contributed by atoms with E-state index in [2.05, 4.69) is 29.6 Å². The standard InChI is InChI=1S/C10H18N2/c1-2-3-4-6-9-12-10-7-5-8-11-12/h5,7-8,10-11H,2-4,6,9H2,1H3. The molecule has 12 heavy (non-hydrogen) atoms. The smallest absolute Gasteiger partial charge is 0.0386 e. The molecule has 0 bridgehead atoms. The Bertz CT molecular complexity index is 161. The predicted molar refractivity (Wildman–Crippen MR) is 52.3 cm³/mol. The van der Waals surface area contributed by atoms with Crippen LogP contribution in [0.25, 0.3) is 0 Å². The second kappa shape index (κ2) is 5.70. The first-order valence-corrected chi connectivity index (χ1v) is 4.79. The third-order valence-electron chi connectivity index (χ3n) is 1.97. The highest BCUT2D eigenvalue weighted by atomic mass is 15.5. The number of unbranched alkanes of at least 4 members (excludes halogenated alkanes) is 3. The van der Waals surface area contributed by atoms with Gasteiger partial charge in [-0.15, -0.1) is 0 Å². The van der Waals surface area contributed by atoms with Gasteiger partial charge in [0.1, 0.15) is 0 Å². The summed E-state index contributed by atoms with van der Waals surface area (Å²) in [6.07, 6.45) is 13.4. The van der Waals surface area contributed by atoms with Gasteiger partial charge in [-0.3, -0.25) is 5.01 Å². The first kappa shape index (κ1) is 9.17. The van der Waals surface area contributed by atoms with E-state index in [1.807, 2.05) is 12.3 Å². The van der Waals surface area contributed by atoms with E-state index in [1.165, 1.54) is 25.7 Å². The minimum absolute atomic E-state index is 1.11. The van der Waals surface area contributed by atoms with Crippen molar-refractivity contribution in [3.8, 4) is 0 Å². The van der Waals surface area contributed by atoms with Crippen molar-refractivity contribution in [3.63, 3.8) is 0 Å². The molecule has 0 aromatic carbocycles. The summed E-state index contributed by atoms with van der Waals surface area (Å²) >= 11 is 0. The fourth-order valence-corrected chi connectivity index (χ4v) is 1.24. The molecular weight excluding hydrogens is 148 g/mol. The Hall–Kier alpha value is -0.920. The van der Waals surface area contributed by atoms with Gasteiger partial charge in [0.2, 0.25) is 0 Å². The fraction of sp³-hybridized carbons (Fsp3) is 0.600. The molecule has 0 radical (unpaired) electrons. The Labute approximate surface area is 74.9 Å². The molecule has 1 aliphatic heterocycles. The van der Waals surface area contributed by atoms with Crippen LogP contribution >= 0.6 is 0 Å². The second-order valence-corrected chi connectivity index (χ2v) is 3.08. The molecule has 2 nitrogen and oxygen atoms in total. The zero-order valence-electron chi connectivity index (χ0n) is 7.79. The van der Waals surface area contributed by atoms with Crippen LogP contribution in [0.5, 0.6) is 0 Å². The van der Waals surface area contributed by atoms with Gasteiger partial charge >= 0.3 is 0 Å². The van der Waals surface area contributed by atoms with E-state index < -0.39 is 0 Å². The number of hydrogen-bond acceptors (Lipinski definition) is 2.